The summed E-state index contributed by atoms with van der Waals surface area (Å²) in [4.78, 5) is 4.61. The predicted molar refractivity (Wildman–Crippen MR) is 81.0 cm³/mol. The van der Waals surface area contributed by atoms with Crippen LogP contribution in [0.4, 0.5) is 0 Å². The molecule has 3 rings (SSSR count). The van der Waals surface area contributed by atoms with Crippen molar-refractivity contribution in [3.8, 4) is 0 Å². The molecule has 0 aliphatic carbocycles. The van der Waals surface area contributed by atoms with E-state index in [0.717, 1.165) is 23.4 Å². The maximum absolute atomic E-state index is 6.04. The first-order valence-electron chi connectivity index (χ1n) is 6.45. The van der Waals surface area contributed by atoms with E-state index < -0.39 is 0 Å². The molecular formula is C16H15ClN2O. The van der Waals surface area contributed by atoms with Gasteiger partial charge in [0.05, 0.1) is 11.0 Å². The van der Waals surface area contributed by atoms with Crippen molar-refractivity contribution >= 4 is 22.6 Å². The number of ether oxygens (including phenoxy) is 1. The third kappa shape index (κ3) is 2.55. The van der Waals surface area contributed by atoms with Crippen molar-refractivity contribution in [1.82, 2.24) is 9.55 Å². The molecule has 4 heteroatoms. The molecule has 1 aromatic heterocycles. The van der Waals surface area contributed by atoms with Gasteiger partial charge in [-0.05, 0) is 23.8 Å². The molecule has 0 radical (unpaired) electrons. The number of rotatable bonds is 4. The largest absolute Gasteiger partial charge is 0.377 e. The Hall–Kier alpha value is -1.84. The van der Waals surface area contributed by atoms with Crippen LogP contribution in [0, 0.1) is 0 Å². The molecule has 0 saturated heterocycles. The highest BCUT2D eigenvalue weighted by molar-refractivity contribution is 6.31. The molecule has 0 atom stereocenters. The van der Waals surface area contributed by atoms with Crippen LogP contribution in [0.25, 0.3) is 11.0 Å². The van der Waals surface area contributed by atoms with Gasteiger partial charge in [-0.2, -0.15) is 0 Å². The van der Waals surface area contributed by atoms with Crippen LogP contribution >= 0.6 is 11.6 Å². The second-order valence-corrected chi connectivity index (χ2v) is 5.10. The summed E-state index contributed by atoms with van der Waals surface area (Å²) in [5.74, 6) is 0.911. The van der Waals surface area contributed by atoms with Crippen molar-refractivity contribution in [2.24, 2.45) is 0 Å². The van der Waals surface area contributed by atoms with Gasteiger partial charge in [0.1, 0.15) is 12.4 Å². The van der Waals surface area contributed by atoms with E-state index >= 15 is 0 Å². The van der Waals surface area contributed by atoms with E-state index in [9.17, 15) is 0 Å². The lowest BCUT2D eigenvalue weighted by Crippen LogP contribution is -2.06. The van der Waals surface area contributed by atoms with Crippen LogP contribution in [0.5, 0.6) is 0 Å². The molecule has 3 nitrogen and oxygen atoms in total. The third-order valence-corrected chi connectivity index (χ3v) is 3.48. The standard InChI is InChI=1S/C16H15ClN2O/c1-20-11-16-18-14-9-13(17)7-8-15(14)19(16)10-12-5-3-2-4-6-12/h2-9H,10-11H2,1H3. The number of halogens is 1. The van der Waals surface area contributed by atoms with Gasteiger partial charge in [-0.3, -0.25) is 0 Å². The lowest BCUT2D eigenvalue weighted by Gasteiger charge is -2.09. The van der Waals surface area contributed by atoms with Crippen molar-refractivity contribution in [2.75, 3.05) is 7.11 Å². The Labute approximate surface area is 122 Å². The normalized spacial score (nSPS) is 11.1. The van der Waals surface area contributed by atoms with Crippen LogP contribution in [0.15, 0.2) is 48.5 Å². The maximum Gasteiger partial charge on any atom is 0.136 e. The van der Waals surface area contributed by atoms with Crippen molar-refractivity contribution in [3.63, 3.8) is 0 Å². The minimum absolute atomic E-state index is 0.485. The summed E-state index contributed by atoms with van der Waals surface area (Å²) in [5, 5.41) is 0.700. The molecule has 0 bridgehead atoms. The first kappa shape index (κ1) is 13.2. The summed E-state index contributed by atoms with van der Waals surface area (Å²) < 4.78 is 7.42. The molecule has 1 heterocycles. The molecule has 0 aliphatic rings. The molecule has 0 saturated carbocycles. The molecule has 0 N–H and O–H groups in total. The fraction of sp³-hybridized carbons (Fsp3) is 0.188. The highest BCUT2D eigenvalue weighted by atomic mass is 35.5. The Morgan fingerprint density at radius 1 is 1.15 bits per heavy atom. The number of hydrogen-bond donors (Lipinski definition) is 0. The van der Waals surface area contributed by atoms with Gasteiger partial charge in [0.2, 0.25) is 0 Å². The van der Waals surface area contributed by atoms with Crippen LogP contribution < -0.4 is 0 Å². The van der Waals surface area contributed by atoms with E-state index in [0.29, 0.717) is 11.6 Å². The molecular weight excluding hydrogens is 272 g/mol. The number of benzene rings is 2. The van der Waals surface area contributed by atoms with Gasteiger partial charge in [-0.25, -0.2) is 4.98 Å². The number of imidazole rings is 1. The zero-order chi connectivity index (χ0) is 13.9. The second kappa shape index (κ2) is 5.65. The monoisotopic (exact) mass is 286 g/mol. The molecule has 102 valence electrons. The van der Waals surface area contributed by atoms with Crippen molar-refractivity contribution in [1.29, 1.82) is 0 Å². The average molecular weight is 287 g/mol. The molecule has 20 heavy (non-hydrogen) atoms. The third-order valence-electron chi connectivity index (χ3n) is 3.25. The van der Waals surface area contributed by atoms with Gasteiger partial charge in [0.15, 0.2) is 0 Å². The smallest absolute Gasteiger partial charge is 0.136 e. The number of nitrogens with zero attached hydrogens (tertiary/aromatic N) is 2. The average Bonchev–Trinajstić information content (AvgIpc) is 2.77. The summed E-state index contributed by atoms with van der Waals surface area (Å²) in [5.41, 5.74) is 3.21. The summed E-state index contributed by atoms with van der Waals surface area (Å²) in [6.07, 6.45) is 0. The molecule has 0 aliphatic heterocycles. The summed E-state index contributed by atoms with van der Waals surface area (Å²) in [6.45, 7) is 1.26. The number of methoxy groups -OCH3 is 1. The van der Waals surface area contributed by atoms with Crippen LogP contribution in [-0.4, -0.2) is 16.7 Å². The molecule has 3 aromatic rings. The lowest BCUT2D eigenvalue weighted by atomic mass is 10.2. The fourth-order valence-electron chi connectivity index (χ4n) is 2.33. The maximum atomic E-state index is 6.04. The Morgan fingerprint density at radius 3 is 2.70 bits per heavy atom. The van der Waals surface area contributed by atoms with Crippen molar-refractivity contribution < 1.29 is 4.74 Å². The summed E-state index contributed by atoms with van der Waals surface area (Å²) in [7, 11) is 1.68. The van der Waals surface area contributed by atoms with Gasteiger partial charge in [-0.1, -0.05) is 41.9 Å². The van der Waals surface area contributed by atoms with E-state index in [2.05, 4.69) is 21.7 Å². The molecule has 0 spiro atoms. The zero-order valence-corrected chi connectivity index (χ0v) is 12.0. The molecule has 0 unspecified atom stereocenters. The topological polar surface area (TPSA) is 27.1 Å². The van der Waals surface area contributed by atoms with E-state index in [1.807, 2.05) is 36.4 Å². The number of aromatic nitrogens is 2. The van der Waals surface area contributed by atoms with Crippen LogP contribution in [0.2, 0.25) is 5.02 Å². The van der Waals surface area contributed by atoms with E-state index in [4.69, 9.17) is 16.3 Å². The van der Waals surface area contributed by atoms with E-state index in [1.165, 1.54) is 5.56 Å². The van der Waals surface area contributed by atoms with Crippen LogP contribution in [0.1, 0.15) is 11.4 Å². The summed E-state index contributed by atoms with van der Waals surface area (Å²) in [6, 6.07) is 16.1. The quantitative estimate of drug-likeness (QED) is 0.728. The van der Waals surface area contributed by atoms with Crippen molar-refractivity contribution in [3.05, 3.63) is 64.9 Å². The second-order valence-electron chi connectivity index (χ2n) is 4.67. The van der Waals surface area contributed by atoms with E-state index in [-0.39, 0.29) is 0 Å². The number of hydrogen-bond acceptors (Lipinski definition) is 2. The predicted octanol–water partition coefficient (Wildman–Crippen LogP) is 3.88. The Bertz CT molecular complexity index is 722. The first-order chi connectivity index (χ1) is 9.78. The zero-order valence-electron chi connectivity index (χ0n) is 11.2. The Kier molecular flexibility index (Phi) is 3.72. The van der Waals surface area contributed by atoms with Gasteiger partial charge in [0, 0.05) is 18.7 Å². The number of fused-ring (bicyclic) bond motifs is 1. The van der Waals surface area contributed by atoms with Crippen LogP contribution in [-0.2, 0) is 17.9 Å². The Balaban J connectivity index is 2.09. The summed E-state index contributed by atoms with van der Waals surface area (Å²) >= 11 is 6.04. The van der Waals surface area contributed by atoms with Crippen molar-refractivity contribution in [2.45, 2.75) is 13.2 Å². The fourth-order valence-corrected chi connectivity index (χ4v) is 2.50. The Morgan fingerprint density at radius 2 is 1.95 bits per heavy atom. The minimum Gasteiger partial charge on any atom is -0.377 e. The molecule has 2 aromatic carbocycles. The highest BCUT2D eigenvalue weighted by Gasteiger charge is 2.11. The molecule has 0 fully saturated rings. The molecule has 0 amide bonds. The minimum atomic E-state index is 0.485. The highest BCUT2D eigenvalue weighted by Crippen LogP contribution is 2.22. The van der Waals surface area contributed by atoms with E-state index in [1.54, 1.807) is 7.11 Å². The van der Waals surface area contributed by atoms with Gasteiger partial charge < -0.3 is 9.30 Å². The van der Waals surface area contributed by atoms with Crippen LogP contribution in [0.3, 0.4) is 0 Å². The SMILES string of the molecule is COCc1nc2cc(Cl)ccc2n1Cc1ccccc1. The van der Waals surface area contributed by atoms with Gasteiger partial charge in [0.25, 0.3) is 0 Å². The van der Waals surface area contributed by atoms with Gasteiger partial charge >= 0.3 is 0 Å². The van der Waals surface area contributed by atoms with Gasteiger partial charge in [-0.15, -0.1) is 0 Å². The lowest BCUT2D eigenvalue weighted by molar-refractivity contribution is 0.175. The first-order valence-corrected chi connectivity index (χ1v) is 6.83.